The molecule has 0 saturated carbocycles. The molecule has 0 aromatic heterocycles. The van der Waals surface area contributed by atoms with Gasteiger partial charge in [0.1, 0.15) is 0 Å². The molecular weight excluding hydrogens is 214 g/mol. The molecular formula is C11H16ClNS. The highest BCUT2D eigenvalue weighted by molar-refractivity contribution is 7.98. The smallest absolute Gasteiger partial charge is 0.0409 e. The van der Waals surface area contributed by atoms with Crippen LogP contribution in [0.5, 0.6) is 0 Å². The number of thioether (sulfide) groups is 1. The van der Waals surface area contributed by atoms with Gasteiger partial charge in [0.25, 0.3) is 0 Å². The maximum atomic E-state index is 5.88. The van der Waals surface area contributed by atoms with Crippen LogP contribution in [0.25, 0.3) is 0 Å². The Hall–Kier alpha value is -0.180. The normalized spacial score (nSPS) is 11.7. The molecule has 0 aliphatic heterocycles. The van der Waals surface area contributed by atoms with Gasteiger partial charge in [-0.05, 0) is 31.5 Å². The summed E-state index contributed by atoms with van der Waals surface area (Å²) in [6, 6.07) is 7.95. The minimum Gasteiger partial charge on any atom is -0.325 e. The summed E-state index contributed by atoms with van der Waals surface area (Å²) in [5, 5.41) is 0.801. The molecule has 1 nitrogen and oxygen atoms in total. The van der Waals surface area contributed by atoms with Gasteiger partial charge in [-0.3, -0.25) is 0 Å². The van der Waals surface area contributed by atoms with Crippen molar-refractivity contribution in [2.45, 2.75) is 25.1 Å². The summed E-state index contributed by atoms with van der Waals surface area (Å²) in [5.74, 6) is 1.93. The summed E-state index contributed by atoms with van der Waals surface area (Å²) < 4.78 is 0. The van der Waals surface area contributed by atoms with Crippen molar-refractivity contribution in [1.82, 2.24) is 0 Å². The minimum atomic E-state index is -0.0940. The van der Waals surface area contributed by atoms with Crippen molar-refractivity contribution < 1.29 is 0 Å². The number of halogens is 1. The van der Waals surface area contributed by atoms with Crippen LogP contribution in [0, 0.1) is 0 Å². The average Bonchev–Trinajstić information content (AvgIpc) is 2.01. The molecule has 0 unspecified atom stereocenters. The predicted molar refractivity (Wildman–Crippen MR) is 65.9 cm³/mol. The average molecular weight is 230 g/mol. The monoisotopic (exact) mass is 229 g/mol. The van der Waals surface area contributed by atoms with E-state index in [1.54, 1.807) is 0 Å². The lowest BCUT2D eigenvalue weighted by molar-refractivity contribution is 0.591. The highest BCUT2D eigenvalue weighted by Gasteiger charge is 2.09. The zero-order chi connectivity index (χ0) is 10.6. The number of nitrogens with two attached hydrogens (primary N) is 1. The molecule has 1 rings (SSSR count). The van der Waals surface area contributed by atoms with Crippen LogP contribution in [0.4, 0.5) is 0 Å². The van der Waals surface area contributed by atoms with Crippen LogP contribution in [0.2, 0.25) is 5.02 Å². The molecule has 0 heterocycles. The van der Waals surface area contributed by atoms with Gasteiger partial charge >= 0.3 is 0 Å². The molecule has 0 bridgehead atoms. The van der Waals surface area contributed by atoms with E-state index in [1.807, 2.05) is 43.8 Å². The van der Waals surface area contributed by atoms with Crippen molar-refractivity contribution >= 4 is 23.4 Å². The topological polar surface area (TPSA) is 26.0 Å². The van der Waals surface area contributed by atoms with E-state index in [-0.39, 0.29) is 5.54 Å². The van der Waals surface area contributed by atoms with Crippen molar-refractivity contribution in [1.29, 1.82) is 0 Å². The molecule has 0 amide bonds. The Morgan fingerprint density at radius 3 is 2.71 bits per heavy atom. The molecule has 14 heavy (non-hydrogen) atoms. The first-order chi connectivity index (χ1) is 6.47. The zero-order valence-corrected chi connectivity index (χ0v) is 10.2. The van der Waals surface area contributed by atoms with Gasteiger partial charge in [0.05, 0.1) is 0 Å². The maximum Gasteiger partial charge on any atom is 0.0409 e. The Balaban J connectivity index is 2.39. The third kappa shape index (κ3) is 4.89. The van der Waals surface area contributed by atoms with E-state index < -0.39 is 0 Å². The fourth-order valence-electron chi connectivity index (χ4n) is 1.06. The molecule has 0 atom stereocenters. The SMILES string of the molecule is CC(C)(N)CSCc1cccc(Cl)c1. The second-order valence-electron chi connectivity index (χ2n) is 4.11. The molecule has 3 heteroatoms. The van der Waals surface area contributed by atoms with E-state index in [4.69, 9.17) is 17.3 Å². The largest absolute Gasteiger partial charge is 0.325 e. The van der Waals surface area contributed by atoms with Crippen molar-refractivity contribution in [3.63, 3.8) is 0 Å². The Kier molecular flexibility index (Phi) is 4.30. The Morgan fingerprint density at radius 1 is 1.43 bits per heavy atom. The lowest BCUT2D eigenvalue weighted by Crippen LogP contribution is -2.34. The summed E-state index contributed by atoms with van der Waals surface area (Å²) in [7, 11) is 0. The first-order valence-corrected chi connectivity index (χ1v) is 6.12. The van der Waals surface area contributed by atoms with E-state index in [1.165, 1.54) is 5.56 Å². The van der Waals surface area contributed by atoms with Crippen molar-refractivity contribution in [3.05, 3.63) is 34.9 Å². The van der Waals surface area contributed by atoms with Gasteiger partial charge in [0.15, 0.2) is 0 Å². The highest BCUT2D eigenvalue weighted by atomic mass is 35.5. The Morgan fingerprint density at radius 2 is 2.14 bits per heavy atom. The van der Waals surface area contributed by atoms with Gasteiger partial charge < -0.3 is 5.73 Å². The molecule has 0 radical (unpaired) electrons. The van der Waals surface area contributed by atoms with E-state index >= 15 is 0 Å². The van der Waals surface area contributed by atoms with Crippen LogP contribution in [-0.2, 0) is 5.75 Å². The van der Waals surface area contributed by atoms with Gasteiger partial charge in [-0.1, -0.05) is 23.7 Å². The number of rotatable bonds is 4. The Labute approximate surface area is 95.0 Å². The van der Waals surface area contributed by atoms with Crippen LogP contribution >= 0.6 is 23.4 Å². The van der Waals surface area contributed by atoms with Gasteiger partial charge in [-0.15, -0.1) is 0 Å². The van der Waals surface area contributed by atoms with Crippen molar-refractivity contribution in [3.8, 4) is 0 Å². The van der Waals surface area contributed by atoms with Gasteiger partial charge in [-0.25, -0.2) is 0 Å². The Bertz CT molecular complexity index is 294. The summed E-state index contributed by atoms with van der Waals surface area (Å²) in [6.07, 6.45) is 0. The second-order valence-corrected chi connectivity index (χ2v) is 5.53. The van der Waals surface area contributed by atoms with E-state index in [0.29, 0.717) is 0 Å². The third-order valence-electron chi connectivity index (χ3n) is 1.63. The number of hydrogen-bond donors (Lipinski definition) is 1. The van der Waals surface area contributed by atoms with Crippen LogP contribution in [-0.4, -0.2) is 11.3 Å². The zero-order valence-electron chi connectivity index (χ0n) is 8.59. The van der Waals surface area contributed by atoms with Gasteiger partial charge in [-0.2, -0.15) is 11.8 Å². The number of hydrogen-bond acceptors (Lipinski definition) is 2. The summed E-state index contributed by atoms with van der Waals surface area (Å²) in [5.41, 5.74) is 7.04. The van der Waals surface area contributed by atoms with E-state index in [2.05, 4.69) is 6.07 Å². The van der Waals surface area contributed by atoms with Gasteiger partial charge in [0, 0.05) is 22.1 Å². The fourth-order valence-corrected chi connectivity index (χ4v) is 2.31. The lowest BCUT2D eigenvalue weighted by atomic mass is 10.1. The van der Waals surface area contributed by atoms with Crippen LogP contribution in [0.3, 0.4) is 0 Å². The van der Waals surface area contributed by atoms with Crippen molar-refractivity contribution in [2.75, 3.05) is 5.75 Å². The van der Waals surface area contributed by atoms with Gasteiger partial charge in [0.2, 0.25) is 0 Å². The first-order valence-electron chi connectivity index (χ1n) is 4.58. The molecule has 0 spiro atoms. The van der Waals surface area contributed by atoms with E-state index in [0.717, 1.165) is 16.5 Å². The molecule has 0 aliphatic carbocycles. The van der Waals surface area contributed by atoms with E-state index in [9.17, 15) is 0 Å². The molecule has 1 aromatic rings. The summed E-state index contributed by atoms with van der Waals surface area (Å²) in [6.45, 7) is 4.08. The van der Waals surface area contributed by atoms with Crippen LogP contribution in [0.15, 0.2) is 24.3 Å². The third-order valence-corrected chi connectivity index (χ3v) is 3.35. The quantitative estimate of drug-likeness (QED) is 0.858. The molecule has 0 aliphatic rings. The summed E-state index contributed by atoms with van der Waals surface area (Å²) >= 11 is 7.72. The maximum absolute atomic E-state index is 5.88. The predicted octanol–water partition coefficient (Wildman–Crippen LogP) is 3.31. The first kappa shape index (κ1) is 11.9. The van der Waals surface area contributed by atoms with Crippen LogP contribution < -0.4 is 5.73 Å². The van der Waals surface area contributed by atoms with Crippen molar-refractivity contribution in [2.24, 2.45) is 5.73 Å². The minimum absolute atomic E-state index is 0.0940. The second kappa shape index (κ2) is 5.06. The lowest BCUT2D eigenvalue weighted by Gasteiger charge is -2.17. The molecule has 2 N–H and O–H groups in total. The molecule has 0 saturated heterocycles. The highest BCUT2D eigenvalue weighted by Crippen LogP contribution is 2.18. The standard InChI is InChI=1S/C11H16ClNS/c1-11(2,13)8-14-7-9-4-3-5-10(12)6-9/h3-6H,7-8,13H2,1-2H3. The molecule has 0 fully saturated rings. The number of benzene rings is 1. The molecule has 78 valence electrons. The fraction of sp³-hybridized carbons (Fsp3) is 0.455. The summed E-state index contributed by atoms with van der Waals surface area (Å²) in [4.78, 5) is 0. The molecule has 1 aromatic carbocycles. The van der Waals surface area contributed by atoms with Crippen LogP contribution in [0.1, 0.15) is 19.4 Å².